The molecule has 1 unspecified atom stereocenters. The van der Waals surface area contributed by atoms with E-state index >= 15 is 0 Å². The van der Waals surface area contributed by atoms with Gasteiger partial charge in [0.2, 0.25) is 5.91 Å². The molecule has 0 aliphatic carbocycles. The molecule has 5 heteroatoms. The standard InChI is InChI=1S/C15H21N3O2/c1-3-4-5-6-11(14(16)19)13-9-18-15-12(13)7-10(20-2)8-17-15/h7-9,11H,3-6H2,1-2H3,(H2,16,19)(H,17,18). The first-order valence-electron chi connectivity index (χ1n) is 6.97. The maximum atomic E-state index is 11.7. The summed E-state index contributed by atoms with van der Waals surface area (Å²) in [6.07, 6.45) is 7.47. The van der Waals surface area contributed by atoms with Crippen molar-refractivity contribution in [1.29, 1.82) is 0 Å². The number of primary amides is 1. The van der Waals surface area contributed by atoms with Crippen LogP contribution in [0.3, 0.4) is 0 Å². The fourth-order valence-corrected chi connectivity index (χ4v) is 2.45. The van der Waals surface area contributed by atoms with Crippen molar-refractivity contribution in [2.75, 3.05) is 7.11 Å². The van der Waals surface area contributed by atoms with Gasteiger partial charge in [0, 0.05) is 11.6 Å². The van der Waals surface area contributed by atoms with Crippen molar-refractivity contribution in [3.05, 3.63) is 24.0 Å². The van der Waals surface area contributed by atoms with E-state index in [1.54, 1.807) is 13.3 Å². The molecule has 108 valence electrons. The highest BCUT2D eigenvalue weighted by molar-refractivity contribution is 5.90. The molecule has 0 radical (unpaired) electrons. The van der Waals surface area contributed by atoms with Crippen LogP contribution in [0.15, 0.2) is 18.5 Å². The van der Waals surface area contributed by atoms with Crippen molar-refractivity contribution < 1.29 is 9.53 Å². The van der Waals surface area contributed by atoms with Crippen LogP contribution >= 0.6 is 0 Å². The number of fused-ring (bicyclic) bond motifs is 1. The third-order valence-electron chi connectivity index (χ3n) is 3.59. The second-order valence-corrected chi connectivity index (χ2v) is 4.97. The van der Waals surface area contributed by atoms with Crippen LogP contribution in [-0.4, -0.2) is 23.0 Å². The van der Waals surface area contributed by atoms with Crippen LogP contribution in [0, 0.1) is 0 Å². The van der Waals surface area contributed by atoms with Gasteiger partial charge in [-0.05, 0) is 18.1 Å². The Kier molecular flexibility index (Phi) is 4.61. The zero-order valence-electron chi connectivity index (χ0n) is 12.0. The van der Waals surface area contributed by atoms with E-state index in [-0.39, 0.29) is 11.8 Å². The molecular weight excluding hydrogens is 254 g/mol. The Balaban J connectivity index is 2.34. The summed E-state index contributed by atoms with van der Waals surface area (Å²) in [6, 6.07) is 1.89. The minimum atomic E-state index is -0.287. The monoisotopic (exact) mass is 275 g/mol. The number of amides is 1. The zero-order chi connectivity index (χ0) is 14.5. The maximum Gasteiger partial charge on any atom is 0.225 e. The summed E-state index contributed by atoms with van der Waals surface area (Å²) >= 11 is 0. The Morgan fingerprint density at radius 1 is 1.50 bits per heavy atom. The molecule has 1 amide bonds. The Labute approximate surface area is 118 Å². The van der Waals surface area contributed by atoms with Crippen molar-refractivity contribution in [2.24, 2.45) is 5.73 Å². The molecule has 5 nitrogen and oxygen atoms in total. The molecule has 1 atom stereocenters. The van der Waals surface area contributed by atoms with Crippen molar-refractivity contribution in [1.82, 2.24) is 9.97 Å². The molecule has 0 spiro atoms. The average molecular weight is 275 g/mol. The molecule has 0 aliphatic heterocycles. The van der Waals surface area contributed by atoms with Gasteiger partial charge in [-0.3, -0.25) is 4.79 Å². The van der Waals surface area contributed by atoms with Crippen molar-refractivity contribution in [3.8, 4) is 5.75 Å². The van der Waals surface area contributed by atoms with E-state index in [9.17, 15) is 4.79 Å². The van der Waals surface area contributed by atoms with E-state index in [1.165, 1.54) is 0 Å². The second-order valence-electron chi connectivity index (χ2n) is 4.97. The van der Waals surface area contributed by atoms with Crippen LogP contribution in [-0.2, 0) is 4.79 Å². The molecule has 2 rings (SSSR count). The number of carbonyl (C=O) groups excluding carboxylic acids is 1. The average Bonchev–Trinajstić information content (AvgIpc) is 2.86. The van der Waals surface area contributed by atoms with Crippen molar-refractivity contribution >= 4 is 16.9 Å². The lowest BCUT2D eigenvalue weighted by Crippen LogP contribution is -2.21. The largest absolute Gasteiger partial charge is 0.495 e. The van der Waals surface area contributed by atoms with Gasteiger partial charge in [0.05, 0.1) is 19.2 Å². The Bertz CT molecular complexity index is 592. The van der Waals surface area contributed by atoms with Gasteiger partial charge in [-0.25, -0.2) is 4.98 Å². The summed E-state index contributed by atoms with van der Waals surface area (Å²) in [5, 5.41) is 0.907. The highest BCUT2D eigenvalue weighted by Gasteiger charge is 2.21. The molecule has 0 bridgehead atoms. The van der Waals surface area contributed by atoms with E-state index in [0.717, 1.165) is 42.3 Å². The molecule has 20 heavy (non-hydrogen) atoms. The molecule has 0 saturated heterocycles. The summed E-state index contributed by atoms with van der Waals surface area (Å²) in [4.78, 5) is 19.1. The molecular formula is C15H21N3O2. The first-order chi connectivity index (χ1) is 9.67. The number of methoxy groups -OCH3 is 1. The third-order valence-corrected chi connectivity index (χ3v) is 3.59. The lowest BCUT2D eigenvalue weighted by atomic mass is 9.92. The fourth-order valence-electron chi connectivity index (χ4n) is 2.45. The molecule has 0 aromatic carbocycles. The number of H-pyrrole nitrogens is 1. The third kappa shape index (κ3) is 2.92. The first kappa shape index (κ1) is 14.4. The fraction of sp³-hybridized carbons (Fsp3) is 0.467. The number of unbranched alkanes of at least 4 members (excludes halogenated alkanes) is 2. The van der Waals surface area contributed by atoms with Gasteiger partial charge >= 0.3 is 0 Å². The number of nitrogens with one attached hydrogen (secondary N) is 1. The molecule has 0 saturated carbocycles. The Morgan fingerprint density at radius 2 is 2.30 bits per heavy atom. The number of pyridine rings is 1. The highest BCUT2D eigenvalue weighted by Crippen LogP contribution is 2.30. The number of nitrogens with two attached hydrogens (primary N) is 1. The number of hydrogen-bond acceptors (Lipinski definition) is 3. The van der Waals surface area contributed by atoms with Crippen molar-refractivity contribution in [3.63, 3.8) is 0 Å². The summed E-state index contributed by atoms with van der Waals surface area (Å²) < 4.78 is 5.19. The summed E-state index contributed by atoms with van der Waals surface area (Å²) in [6.45, 7) is 2.14. The van der Waals surface area contributed by atoms with Crippen LogP contribution in [0.1, 0.15) is 44.1 Å². The van der Waals surface area contributed by atoms with Crippen LogP contribution in [0.2, 0.25) is 0 Å². The van der Waals surface area contributed by atoms with Gasteiger partial charge in [-0.15, -0.1) is 0 Å². The van der Waals surface area contributed by atoms with E-state index < -0.39 is 0 Å². The number of aromatic nitrogens is 2. The molecule has 0 fully saturated rings. The second kappa shape index (κ2) is 6.41. The molecule has 2 heterocycles. The normalized spacial score (nSPS) is 12.5. The van der Waals surface area contributed by atoms with Crippen LogP contribution < -0.4 is 10.5 Å². The van der Waals surface area contributed by atoms with Crippen molar-refractivity contribution in [2.45, 2.75) is 38.5 Å². The smallest absolute Gasteiger partial charge is 0.225 e. The topological polar surface area (TPSA) is 81.0 Å². The van der Waals surface area contributed by atoms with E-state index in [2.05, 4.69) is 16.9 Å². The number of hydrogen-bond donors (Lipinski definition) is 2. The quantitative estimate of drug-likeness (QED) is 0.762. The van der Waals surface area contributed by atoms with Gasteiger partial charge in [-0.1, -0.05) is 26.2 Å². The van der Waals surface area contributed by atoms with Crippen LogP contribution in [0.5, 0.6) is 5.75 Å². The SMILES string of the molecule is CCCCCC(C(N)=O)c1c[nH]c2ncc(OC)cc12. The van der Waals surface area contributed by atoms with Crippen LogP contribution in [0.25, 0.3) is 11.0 Å². The number of nitrogens with zero attached hydrogens (tertiary/aromatic N) is 1. The maximum absolute atomic E-state index is 11.7. The lowest BCUT2D eigenvalue weighted by Gasteiger charge is -2.12. The number of aromatic amines is 1. The predicted molar refractivity (Wildman–Crippen MR) is 78.7 cm³/mol. The van der Waals surface area contributed by atoms with Gasteiger partial charge < -0.3 is 15.5 Å². The number of carbonyl (C=O) groups is 1. The van der Waals surface area contributed by atoms with Gasteiger partial charge in [-0.2, -0.15) is 0 Å². The number of ether oxygens (including phenoxy) is 1. The highest BCUT2D eigenvalue weighted by atomic mass is 16.5. The van der Waals surface area contributed by atoms with Gasteiger partial charge in [0.15, 0.2) is 0 Å². The van der Waals surface area contributed by atoms with Gasteiger partial charge in [0.25, 0.3) is 0 Å². The number of rotatable bonds is 7. The van der Waals surface area contributed by atoms with Crippen LogP contribution in [0.4, 0.5) is 0 Å². The Morgan fingerprint density at radius 3 is 2.95 bits per heavy atom. The molecule has 0 aliphatic rings. The lowest BCUT2D eigenvalue weighted by molar-refractivity contribution is -0.119. The van der Waals surface area contributed by atoms with E-state index in [1.807, 2.05) is 12.3 Å². The minimum absolute atomic E-state index is 0.274. The molecule has 3 N–H and O–H groups in total. The molecule has 2 aromatic rings. The first-order valence-corrected chi connectivity index (χ1v) is 6.97. The predicted octanol–water partition coefficient (Wildman–Crippen LogP) is 2.72. The van der Waals surface area contributed by atoms with E-state index in [4.69, 9.17) is 10.5 Å². The summed E-state index contributed by atoms with van der Waals surface area (Å²) in [5.41, 5.74) is 7.23. The zero-order valence-corrected chi connectivity index (χ0v) is 12.0. The summed E-state index contributed by atoms with van der Waals surface area (Å²) in [7, 11) is 1.60. The molecule has 2 aromatic heterocycles. The van der Waals surface area contributed by atoms with Gasteiger partial charge in [0.1, 0.15) is 11.4 Å². The summed E-state index contributed by atoms with van der Waals surface area (Å²) in [5.74, 6) is 0.115. The Hall–Kier alpha value is -2.04. The minimum Gasteiger partial charge on any atom is -0.495 e. The van der Waals surface area contributed by atoms with E-state index in [0.29, 0.717) is 5.75 Å².